The molecule has 2 unspecified atom stereocenters. The van der Waals surface area contributed by atoms with Gasteiger partial charge in [0.05, 0.1) is 21.7 Å². The molecular formula is C31H32Cl2FN3O3. The van der Waals surface area contributed by atoms with Gasteiger partial charge in [-0.15, -0.1) is 0 Å². The highest BCUT2D eigenvalue weighted by Crippen LogP contribution is 2.46. The molecule has 2 amide bonds. The average molecular weight is 585 g/mol. The van der Waals surface area contributed by atoms with Crippen molar-refractivity contribution in [2.24, 2.45) is 0 Å². The van der Waals surface area contributed by atoms with Crippen molar-refractivity contribution in [1.29, 1.82) is 0 Å². The molecule has 0 saturated carbocycles. The number of benzene rings is 3. The van der Waals surface area contributed by atoms with Gasteiger partial charge in [-0.05, 0) is 54.8 Å². The minimum absolute atomic E-state index is 0.0354. The lowest BCUT2D eigenvalue weighted by Gasteiger charge is -2.47. The Bertz CT molecular complexity index is 1400. The molecule has 2 aliphatic heterocycles. The Labute approximate surface area is 244 Å². The summed E-state index contributed by atoms with van der Waals surface area (Å²) in [6, 6.07) is 19.6. The van der Waals surface area contributed by atoms with E-state index in [-0.39, 0.29) is 17.8 Å². The van der Waals surface area contributed by atoms with E-state index in [1.54, 1.807) is 25.2 Å². The molecule has 2 aliphatic rings. The lowest BCUT2D eigenvalue weighted by atomic mass is 9.81. The number of ether oxygens (including phenoxy) is 1. The van der Waals surface area contributed by atoms with Crippen LogP contribution < -0.4 is 10.2 Å². The van der Waals surface area contributed by atoms with Crippen LogP contribution in [0.4, 0.5) is 14.9 Å². The minimum atomic E-state index is -0.868. The molecule has 0 bridgehead atoms. The zero-order valence-electron chi connectivity index (χ0n) is 22.5. The second-order valence-electron chi connectivity index (χ2n) is 10.6. The Morgan fingerprint density at radius 2 is 1.77 bits per heavy atom. The fourth-order valence-electron chi connectivity index (χ4n) is 5.77. The summed E-state index contributed by atoms with van der Waals surface area (Å²) in [4.78, 5) is 29.9. The van der Waals surface area contributed by atoms with Gasteiger partial charge in [-0.25, -0.2) is 9.18 Å². The van der Waals surface area contributed by atoms with Crippen LogP contribution in [0.15, 0.2) is 66.7 Å². The normalized spacial score (nSPS) is 18.1. The maximum Gasteiger partial charge on any atom is 0.414 e. The molecule has 2 atom stereocenters. The molecule has 0 aliphatic carbocycles. The lowest BCUT2D eigenvalue weighted by Crippen LogP contribution is -2.52. The largest absolute Gasteiger partial charge is 0.437 e. The van der Waals surface area contributed by atoms with Gasteiger partial charge in [0.25, 0.3) is 0 Å². The predicted octanol–water partition coefficient (Wildman–Crippen LogP) is 6.89. The van der Waals surface area contributed by atoms with E-state index in [0.717, 1.165) is 11.1 Å². The molecule has 210 valence electrons. The van der Waals surface area contributed by atoms with Crippen molar-refractivity contribution < 1.29 is 18.7 Å². The van der Waals surface area contributed by atoms with Gasteiger partial charge in [0.2, 0.25) is 5.91 Å². The summed E-state index contributed by atoms with van der Waals surface area (Å²) in [6.45, 7) is 3.79. The quantitative estimate of drug-likeness (QED) is 0.329. The van der Waals surface area contributed by atoms with Crippen molar-refractivity contribution in [3.05, 3.63) is 99.3 Å². The summed E-state index contributed by atoms with van der Waals surface area (Å²) >= 11 is 12.5. The molecule has 40 heavy (non-hydrogen) atoms. The summed E-state index contributed by atoms with van der Waals surface area (Å²) in [7, 11) is 1.63. The number of piperidine rings is 1. The summed E-state index contributed by atoms with van der Waals surface area (Å²) < 4.78 is 20.2. The van der Waals surface area contributed by atoms with Crippen molar-refractivity contribution in [3.8, 4) is 0 Å². The summed E-state index contributed by atoms with van der Waals surface area (Å²) in [5, 5.41) is 3.92. The summed E-state index contributed by atoms with van der Waals surface area (Å²) in [6.07, 6.45) is 1.19. The van der Waals surface area contributed by atoms with Crippen LogP contribution >= 0.6 is 23.2 Å². The Morgan fingerprint density at radius 1 is 1.05 bits per heavy atom. The summed E-state index contributed by atoms with van der Waals surface area (Å²) in [5.74, 6) is -0.886. The van der Waals surface area contributed by atoms with Crippen LogP contribution in [-0.4, -0.2) is 43.1 Å². The number of carbonyl (C=O) groups is 2. The molecule has 1 N–H and O–H groups in total. The third kappa shape index (κ3) is 5.82. The number of nitrogens with zero attached hydrogens (tertiary/aromatic N) is 2. The first-order valence-corrected chi connectivity index (χ1v) is 14.2. The fraction of sp³-hybridized carbons (Fsp3) is 0.355. The van der Waals surface area contributed by atoms with Gasteiger partial charge in [-0.2, -0.15) is 0 Å². The lowest BCUT2D eigenvalue weighted by molar-refractivity contribution is -0.123. The molecule has 9 heteroatoms. The number of nitrogens with one attached hydrogen (secondary N) is 1. The average Bonchev–Trinajstić information content (AvgIpc) is 2.96. The highest BCUT2D eigenvalue weighted by Gasteiger charge is 2.47. The summed E-state index contributed by atoms with van der Waals surface area (Å²) in [5.41, 5.74) is 2.33. The van der Waals surface area contributed by atoms with E-state index in [4.69, 9.17) is 27.9 Å². The standard InChI is InChI=1S/C31H32Cl2FN3O3/c1-20(37-14-12-31(13-15-37)25-18-23(34)9-11-28(25)36(2)30(39)40-31)16-24(22-8-10-26(32)27(33)17-22)29(38)35-19-21-6-4-3-5-7-21/h3-11,17-18,20,24H,12-16,19H2,1-2H3,(H,35,38). The SMILES string of the molecule is CC(CC(C(=O)NCc1ccccc1)c1ccc(Cl)c(Cl)c1)N1CCC2(CC1)OC(=O)N(C)c1ccc(F)cc12. The number of amides is 2. The van der Waals surface area contributed by atoms with Gasteiger partial charge >= 0.3 is 6.09 Å². The van der Waals surface area contributed by atoms with Crippen molar-refractivity contribution >= 4 is 40.9 Å². The van der Waals surface area contributed by atoms with Crippen LogP contribution in [0.5, 0.6) is 0 Å². The Hall–Kier alpha value is -3.13. The second kappa shape index (κ2) is 11.8. The van der Waals surface area contributed by atoms with Crippen LogP contribution in [0.25, 0.3) is 0 Å². The molecular weight excluding hydrogens is 552 g/mol. The van der Waals surface area contributed by atoms with Crippen molar-refractivity contribution in [3.63, 3.8) is 0 Å². The number of halogens is 3. The fourth-order valence-corrected chi connectivity index (χ4v) is 6.08. The number of fused-ring (bicyclic) bond motifs is 2. The maximum absolute atomic E-state index is 14.2. The molecule has 5 rings (SSSR count). The van der Waals surface area contributed by atoms with Crippen molar-refractivity contribution in [2.75, 3.05) is 25.0 Å². The van der Waals surface area contributed by atoms with Crippen LogP contribution in [-0.2, 0) is 21.7 Å². The first kappa shape index (κ1) is 28.4. The van der Waals surface area contributed by atoms with Gasteiger partial charge < -0.3 is 15.0 Å². The Kier molecular flexibility index (Phi) is 8.36. The van der Waals surface area contributed by atoms with E-state index >= 15 is 0 Å². The number of rotatable bonds is 7. The zero-order chi connectivity index (χ0) is 28.4. The zero-order valence-corrected chi connectivity index (χ0v) is 24.0. The minimum Gasteiger partial charge on any atom is -0.437 e. The highest BCUT2D eigenvalue weighted by molar-refractivity contribution is 6.42. The smallest absolute Gasteiger partial charge is 0.414 e. The second-order valence-corrected chi connectivity index (χ2v) is 11.4. The number of hydrogen-bond acceptors (Lipinski definition) is 4. The van der Waals surface area contributed by atoms with E-state index in [1.807, 2.05) is 36.4 Å². The first-order chi connectivity index (χ1) is 19.2. The topological polar surface area (TPSA) is 61.9 Å². The van der Waals surface area contributed by atoms with Gasteiger partial charge in [0, 0.05) is 51.1 Å². The van der Waals surface area contributed by atoms with Gasteiger partial charge in [-0.3, -0.25) is 9.69 Å². The number of likely N-dealkylation sites (tertiary alicyclic amines) is 1. The van der Waals surface area contributed by atoms with E-state index < -0.39 is 17.6 Å². The third-order valence-corrected chi connectivity index (χ3v) is 8.88. The van der Waals surface area contributed by atoms with Gasteiger partial charge in [-0.1, -0.05) is 59.6 Å². The number of hydrogen-bond donors (Lipinski definition) is 1. The van der Waals surface area contributed by atoms with Gasteiger partial charge in [0.15, 0.2) is 0 Å². The predicted molar refractivity (Wildman–Crippen MR) is 155 cm³/mol. The number of carbonyl (C=O) groups excluding carboxylic acids is 2. The molecule has 6 nitrogen and oxygen atoms in total. The molecule has 0 aromatic heterocycles. The number of anilines is 1. The Balaban J connectivity index is 1.31. The molecule has 3 aromatic rings. The van der Waals surface area contributed by atoms with Crippen LogP contribution in [0.3, 0.4) is 0 Å². The first-order valence-electron chi connectivity index (χ1n) is 13.4. The van der Waals surface area contributed by atoms with E-state index in [9.17, 15) is 14.0 Å². The maximum atomic E-state index is 14.2. The molecule has 2 heterocycles. The molecule has 1 saturated heterocycles. The van der Waals surface area contributed by atoms with Crippen LogP contribution in [0, 0.1) is 5.82 Å². The van der Waals surface area contributed by atoms with E-state index in [0.29, 0.717) is 60.2 Å². The molecule has 3 aromatic carbocycles. The highest BCUT2D eigenvalue weighted by atomic mass is 35.5. The monoisotopic (exact) mass is 583 g/mol. The van der Waals surface area contributed by atoms with Crippen molar-refractivity contribution in [2.45, 2.75) is 50.3 Å². The molecule has 1 spiro atoms. The Morgan fingerprint density at radius 3 is 2.48 bits per heavy atom. The van der Waals surface area contributed by atoms with Crippen LogP contribution in [0.2, 0.25) is 10.0 Å². The van der Waals surface area contributed by atoms with Crippen molar-refractivity contribution in [1.82, 2.24) is 10.2 Å². The van der Waals surface area contributed by atoms with E-state index in [1.165, 1.54) is 17.0 Å². The third-order valence-electron chi connectivity index (χ3n) is 8.15. The molecule has 0 radical (unpaired) electrons. The van der Waals surface area contributed by atoms with Gasteiger partial charge in [0.1, 0.15) is 11.4 Å². The van der Waals surface area contributed by atoms with Crippen LogP contribution in [0.1, 0.15) is 48.8 Å². The van der Waals surface area contributed by atoms with E-state index in [2.05, 4.69) is 17.1 Å². The molecule has 1 fully saturated rings.